The molecule has 1 aromatic carbocycles. The number of hydrogen-bond acceptors (Lipinski definition) is 3. The second-order valence-corrected chi connectivity index (χ2v) is 5.49. The number of nitrogens with two attached hydrogens (primary N) is 1. The molecule has 2 aromatic rings. The molecule has 0 aliphatic heterocycles. The minimum absolute atomic E-state index is 0.0831. The van der Waals surface area contributed by atoms with Crippen molar-refractivity contribution in [2.45, 2.75) is 4.90 Å². The molecule has 0 aliphatic rings. The predicted molar refractivity (Wildman–Crippen MR) is 70.4 cm³/mol. The van der Waals surface area contributed by atoms with Gasteiger partial charge in [0, 0.05) is 22.0 Å². The number of amides is 1. The summed E-state index contributed by atoms with van der Waals surface area (Å²) < 4.78 is 52.9. The first-order valence-electron chi connectivity index (χ1n) is 5.60. The standard InChI is InChI=1S/C13H9F3N2O2S/c1-21(20)6-4-8(15)11(9(16)5-6)12-7(14)2-3-10(18-12)13(17)19/h2-5H,1H3,(H2,17,19). The Labute approximate surface area is 120 Å². The Balaban J connectivity index is 2.70. The Morgan fingerprint density at radius 1 is 1.14 bits per heavy atom. The molecule has 1 heterocycles. The van der Waals surface area contributed by atoms with Crippen molar-refractivity contribution in [3.63, 3.8) is 0 Å². The van der Waals surface area contributed by atoms with Crippen molar-refractivity contribution in [2.24, 2.45) is 5.73 Å². The predicted octanol–water partition coefficient (Wildman–Crippen LogP) is 2.00. The van der Waals surface area contributed by atoms with Crippen LogP contribution in [0.3, 0.4) is 0 Å². The van der Waals surface area contributed by atoms with Crippen LogP contribution in [-0.4, -0.2) is 21.4 Å². The minimum Gasteiger partial charge on any atom is -0.364 e. The van der Waals surface area contributed by atoms with Crippen LogP contribution in [-0.2, 0) is 10.8 Å². The highest BCUT2D eigenvalue weighted by Crippen LogP contribution is 2.28. The van der Waals surface area contributed by atoms with Gasteiger partial charge in [0.1, 0.15) is 28.8 Å². The molecule has 0 spiro atoms. The van der Waals surface area contributed by atoms with Gasteiger partial charge in [0.25, 0.3) is 5.91 Å². The van der Waals surface area contributed by atoms with E-state index < -0.39 is 45.4 Å². The summed E-state index contributed by atoms with van der Waals surface area (Å²) in [5, 5.41) is 0. The summed E-state index contributed by atoms with van der Waals surface area (Å²) in [5.41, 5.74) is 3.26. The van der Waals surface area contributed by atoms with Gasteiger partial charge in [-0.3, -0.25) is 9.00 Å². The van der Waals surface area contributed by atoms with E-state index in [1.54, 1.807) is 0 Å². The van der Waals surface area contributed by atoms with Crippen LogP contribution >= 0.6 is 0 Å². The summed E-state index contributed by atoms with van der Waals surface area (Å²) in [4.78, 5) is 14.5. The third kappa shape index (κ3) is 2.94. The molecule has 1 aromatic heterocycles. The maximum absolute atomic E-state index is 14.0. The first kappa shape index (κ1) is 15.2. The highest BCUT2D eigenvalue weighted by Gasteiger charge is 2.20. The smallest absolute Gasteiger partial charge is 0.267 e. The normalized spacial score (nSPS) is 12.2. The molecule has 0 saturated carbocycles. The van der Waals surface area contributed by atoms with E-state index in [1.165, 1.54) is 6.26 Å². The molecule has 0 radical (unpaired) electrons. The Kier molecular flexibility index (Phi) is 4.08. The number of halogens is 3. The lowest BCUT2D eigenvalue weighted by Gasteiger charge is -2.08. The quantitative estimate of drug-likeness (QED) is 0.942. The maximum Gasteiger partial charge on any atom is 0.267 e. The molecule has 110 valence electrons. The molecule has 2 rings (SSSR count). The van der Waals surface area contributed by atoms with Crippen molar-refractivity contribution >= 4 is 16.7 Å². The van der Waals surface area contributed by atoms with Crippen LogP contribution in [0.15, 0.2) is 29.2 Å². The summed E-state index contributed by atoms with van der Waals surface area (Å²) in [6.07, 6.45) is 1.25. The number of primary amides is 1. The van der Waals surface area contributed by atoms with Crippen molar-refractivity contribution in [2.75, 3.05) is 6.26 Å². The van der Waals surface area contributed by atoms with Crippen LogP contribution < -0.4 is 5.73 Å². The number of aromatic nitrogens is 1. The van der Waals surface area contributed by atoms with Crippen molar-refractivity contribution in [1.82, 2.24) is 4.98 Å². The van der Waals surface area contributed by atoms with Crippen LogP contribution in [0.1, 0.15) is 10.5 Å². The number of carbonyl (C=O) groups excluding carboxylic acids is 1. The monoisotopic (exact) mass is 314 g/mol. The maximum atomic E-state index is 14.0. The van der Waals surface area contributed by atoms with Crippen molar-refractivity contribution in [3.8, 4) is 11.3 Å². The van der Waals surface area contributed by atoms with Crippen molar-refractivity contribution in [1.29, 1.82) is 0 Å². The molecule has 4 nitrogen and oxygen atoms in total. The number of carbonyl (C=O) groups is 1. The molecule has 0 fully saturated rings. The zero-order valence-electron chi connectivity index (χ0n) is 10.7. The first-order valence-corrected chi connectivity index (χ1v) is 7.16. The molecular weight excluding hydrogens is 305 g/mol. The second-order valence-electron chi connectivity index (χ2n) is 4.11. The van der Waals surface area contributed by atoms with Crippen LogP contribution in [0.4, 0.5) is 13.2 Å². The SMILES string of the molecule is CS(=O)c1cc(F)c(-c2nc(C(N)=O)ccc2F)c(F)c1. The molecule has 1 atom stereocenters. The van der Waals surface area contributed by atoms with Crippen molar-refractivity contribution in [3.05, 3.63) is 47.4 Å². The molecule has 0 aliphatic carbocycles. The molecule has 0 saturated heterocycles. The van der Waals surface area contributed by atoms with Gasteiger partial charge in [-0.05, 0) is 24.3 Å². The fourth-order valence-electron chi connectivity index (χ4n) is 1.70. The van der Waals surface area contributed by atoms with E-state index in [-0.39, 0.29) is 10.6 Å². The second kappa shape index (κ2) is 5.65. The molecule has 2 N–H and O–H groups in total. The van der Waals surface area contributed by atoms with Crippen LogP contribution in [0, 0.1) is 17.5 Å². The van der Waals surface area contributed by atoms with E-state index in [2.05, 4.69) is 4.98 Å². The van der Waals surface area contributed by atoms with E-state index in [4.69, 9.17) is 5.73 Å². The lowest BCUT2D eigenvalue weighted by atomic mass is 10.1. The zero-order chi connectivity index (χ0) is 15.7. The lowest BCUT2D eigenvalue weighted by Crippen LogP contribution is -2.14. The average molecular weight is 314 g/mol. The van der Waals surface area contributed by atoms with Gasteiger partial charge < -0.3 is 5.73 Å². The molecule has 0 bridgehead atoms. The van der Waals surface area contributed by atoms with Gasteiger partial charge in [-0.1, -0.05) is 0 Å². The molecule has 21 heavy (non-hydrogen) atoms. The number of rotatable bonds is 3. The Hall–Kier alpha value is -2.22. The average Bonchev–Trinajstić information content (AvgIpc) is 2.39. The third-order valence-electron chi connectivity index (χ3n) is 2.68. The highest BCUT2D eigenvalue weighted by atomic mass is 32.2. The van der Waals surface area contributed by atoms with Crippen molar-refractivity contribution < 1.29 is 22.2 Å². The number of benzene rings is 1. The number of nitrogens with zero attached hydrogens (tertiary/aromatic N) is 1. The summed E-state index contributed by atoms with van der Waals surface area (Å²) in [6, 6.07) is 3.50. The van der Waals surface area contributed by atoms with Gasteiger partial charge in [-0.2, -0.15) is 0 Å². The van der Waals surface area contributed by atoms with Gasteiger partial charge in [-0.15, -0.1) is 0 Å². The number of hydrogen-bond donors (Lipinski definition) is 1. The zero-order valence-corrected chi connectivity index (χ0v) is 11.5. The van der Waals surface area contributed by atoms with Crippen LogP contribution in [0.5, 0.6) is 0 Å². The Morgan fingerprint density at radius 3 is 2.19 bits per heavy atom. The summed E-state index contributed by atoms with van der Waals surface area (Å²) in [6.45, 7) is 0. The summed E-state index contributed by atoms with van der Waals surface area (Å²) in [5.74, 6) is -4.23. The van der Waals surface area contributed by atoms with Gasteiger partial charge >= 0.3 is 0 Å². The van der Waals surface area contributed by atoms with E-state index in [0.29, 0.717) is 0 Å². The van der Waals surface area contributed by atoms with Gasteiger partial charge in [0.15, 0.2) is 0 Å². The van der Waals surface area contributed by atoms with Crippen LogP contribution in [0.2, 0.25) is 0 Å². The van der Waals surface area contributed by atoms with E-state index in [9.17, 15) is 22.2 Å². The largest absolute Gasteiger partial charge is 0.364 e. The van der Waals surface area contributed by atoms with Crippen LogP contribution in [0.25, 0.3) is 11.3 Å². The Bertz CT molecular complexity index is 742. The summed E-state index contributed by atoms with van der Waals surface area (Å²) >= 11 is 0. The summed E-state index contributed by atoms with van der Waals surface area (Å²) in [7, 11) is -1.60. The molecule has 1 unspecified atom stereocenters. The molecule has 8 heteroatoms. The fourth-order valence-corrected chi connectivity index (χ4v) is 2.24. The Morgan fingerprint density at radius 2 is 1.71 bits per heavy atom. The van der Waals surface area contributed by atoms with E-state index in [1.807, 2.05) is 0 Å². The minimum atomic E-state index is -1.60. The molecule has 1 amide bonds. The first-order chi connectivity index (χ1) is 9.81. The fraction of sp³-hybridized carbons (Fsp3) is 0.0769. The van der Waals surface area contributed by atoms with E-state index in [0.717, 1.165) is 24.3 Å². The number of pyridine rings is 1. The van der Waals surface area contributed by atoms with E-state index >= 15 is 0 Å². The highest BCUT2D eigenvalue weighted by molar-refractivity contribution is 7.84. The third-order valence-corrected chi connectivity index (χ3v) is 3.58. The molecular formula is C13H9F3N2O2S. The topological polar surface area (TPSA) is 73.1 Å². The van der Waals surface area contributed by atoms with Gasteiger partial charge in [0.05, 0.1) is 5.56 Å². The van der Waals surface area contributed by atoms with Gasteiger partial charge in [0.2, 0.25) is 0 Å². The lowest BCUT2D eigenvalue weighted by molar-refractivity contribution is 0.0995. The van der Waals surface area contributed by atoms with Gasteiger partial charge in [-0.25, -0.2) is 18.2 Å².